The van der Waals surface area contributed by atoms with Gasteiger partial charge in [0.25, 0.3) is 15.9 Å². The highest BCUT2D eigenvalue weighted by Gasteiger charge is 2.22. The zero-order valence-corrected chi connectivity index (χ0v) is 18.6. The standard InChI is InChI=1S/C24H26N2O4S/c1-17-18(2)23(14-13-22(17)30-3)31(28,29)26-21-12-8-7-11-20(21)24(27)25-16-15-19-9-5-4-6-10-19/h4-14,26H,15-16H2,1-3H3,(H,25,27). The van der Waals surface area contributed by atoms with Crippen LogP contribution < -0.4 is 14.8 Å². The molecule has 0 unspecified atom stereocenters. The van der Waals surface area contributed by atoms with Crippen LogP contribution in [0.15, 0.2) is 71.6 Å². The zero-order valence-electron chi connectivity index (χ0n) is 17.8. The minimum Gasteiger partial charge on any atom is -0.496 e. The van der Waals surface area contributed by atoms with Crippen LogP contribution in [-0.4, -0.2) is 28.0 Å². The predicted octanol–water partition coefficient (Wildman–Crippen LogP) is 4.09. The lowest BCUT2D eigenvalue weighted by Gasteiger charge is -2.16. The van der Waals surface area contributed by atoms with E-state index in [1.165, 1.54) is 6.07 Å². The highest BCUT2D eigenvalue weighted by Crippen LogP contribution is 2.28. The fourth-order valence-corrected chi connectivity index (χ4v) is 4.69. The van der Waals surface area contributed by atoms with Crippen LogP contribution >= 0.6 is 0 Å². The van der Waals surface area contributed by atoms with Crippen molar-refractivity contribution in [2.75, 3.05) is 18.4 Å². The largest absolute Gasteiger partial charge is 0.496 e. The molecule has 0 fully saturated rings. The molecule has 0 spiro atoms. The Morgan fingerprint density at radius 3 is 2.29 bits per heavy atom. The first kappa shape index (κ1) is 22.4. The number of carbonyl (C=O) groups is 1. The molecule has 0 atom stereocenters. The number of rotatable bonds is 8. The van der Waals surface area contributed by atoms with E-state index in [0.29, 0.717) is 24.3 Å². The van der Waals surface area contributed by atoms with E-state index in [2.05, 4.69) is 10.0 Å². The van der Waals surface area contributed by atoms with E-state index in [1.807, 2.05) is 30.3 Å². The van der Waals surface area contributed by atoms with Crippen LogP contribution in [0.3, 0.4) is 0 Å². The molecule has 162 valence electrons. The van der Waals surface area contributed by atoms with Crippen molar-refractivity contribution >= 4 is 21.6 Å². The van der Waals surface area contributed by atoms with Gasteiger partial charge >= 0.3 is 0 Å². The van der Waals surface area contributed by atoms with Gasteiger partial charge in [-0.3, -0.25) is 9.52 Å². The van der Waals surface area contributed by atoms with Gasteiger partial charge < -0.3 is 10.1 Å². The average Bonchev–Trinajstić information content (AvgIpc) is 2.76. The summed E-state index contributed by atoms with van der Waals surface area (Å²) in [6.07, 6.45) is 0.685. The van der Waals surface area contributed by atoms with Crippen LogP contribution in [0, 0.1) is 13.8 Å². The van der Waals surface area contributed by atoms with Crippen LogP contribution in [0.1, 0.15) is 27.0 Å². The molecule has 3 aromatic carbocycles. The summed E-state index contributed by atoms with van der Waals surface area (Å²) < 4.78 is 34.0. The summed E-state index contributed by atoms with van der Waals surface area (Å²) in [6, 6.07) is 19.5. The summed E-state index contributed by atoms with van der Waals surface area (Å²) in [6.45, 7) is 3.98. The van der Waals surface area contributed by atoms with E-state index in [4.69, 9.17) is 4.74 Å². The summed E-state index contributed by atoms with van der Waals surface area (Å²) in [4.78, 5) is 12.9. The third-order valence-electron chi connectivity index (χ3n) is 5.16. The van der Waals surface area contributed by atoms with E-state index in [9.17, 15) is 13.2 Å². The van der Waals surface area contributed by atoms with E-state index in [1.54, 1.807) is 51.3 Å². The van der Waals surface area contributed by atoms with Crippen LogP contribution in [0.2, 0.25) is 0 Å². The molecule has 7 heteroatoms. The van der Waals surface area contributed by atoms with Gasteiger partial charge in [-0.05, 0) is 61.2 Å². The van der Waals surface area contributed by atoms with Crippen molar-refractivity contribution in [1.29, 1.82) is 0 Å². The second-order valence-corrected chi connectivity index (χ2v) is 8.81. The molecule has 0 aliphatic heterocycles. The Morgan fingerprint density at radius 2 is 1.58 bits per heavy atom. The lowest BCUT2D eigenvalue weighted by atomic mass is 10.1. The fourth-order valence-electron chi connectivity index (χ4n) is 3.31. The molecule has 2 N–H and O–H groups in total. The molecular weight excluding hydrogens is 412 g/mol. The first-order valence-electron chi connectivity index (χ1n) is 9.91. The van der Waals surface area contributed by atoms with Crippen LogP contribution in [-0.2, 0) is 16.4 Å². The number of hydrogen-bond acceptors (Lipinski definition) is 4. The summed E-state index contributed by atoms with van der Waals surface area (Å²) in [5.74, 6) is 0.284. The van der Waals surface area contributed by atoms with Gasteiger partial charge in [-0.1, -0.05) is 42.5 Å². The first-order chi connectivity index (χ1) is 14.8. The molecular formula is C24H26N2O4S. The zero-order chi connectivity index (χ0) is 22.4. The van der Waals surface area contributed by atoms with Gasteiger partial charge in [-0.2, -0.15) is 0 Å². The molecule has 0 aliphatic carbocycles. The number of amides is 1. The number of carbonyl (C=O) groups excluding carboxylic acids is 1. The average molecular weight is 439 g/mol. The van der Waals surface area contributed by atoms with E-state index in [0.717, 1.165) is 11.1 Å². The normalized spacial score (nSPS) is 11.1. The van der Waals surface area contributed by atoms with Gasteiger partial charge in [-0.25, -0.2) is 8.42 Å². The lowest BCUT2D eigenvalue weighted by molar-refractivity contribution is 0.0955. The Balaban J connectivity index is 1.78. The lowest BCUT2D eigenvalue weighted by Crippen LogP contribution is -2.27. The van der Waals surface area contributed by atoms with Gasteiger partial charge in [0.05, 0.1) is 23.3 Å². The maximum absolute atomic E-state index is 13.1. The number of sulfonamides is 1. The monoisotopic (exact) mass is 438 g/mol. The quantitative estimate of drug-likeness (QED) is 0.555. The second-order valence-electron chi connectivity index (χ2n) is 7.16. The van der Waals surface area contributed by atoms with Gasteiger partial charge in [0.2, 0.25) is 0 Å². The van der Waals surface area contributed by atoms with Crippen LogP contribution in [0.5, 0.6) is 5.75 Å². The van der Waals surface area contributed by atoms with Crippen LogP contribution in [0.25, 0.3) is 0 Å². The van der Waals surface area contributed by atoms with Crippen molar-refractivity contribution in [2.24, 2.45) is 0 Å². The Kier molecular flexibility index (Phi) is 6.97. The number of para-hydroxylation sites is 1. The van der Waals surface area contributed by atoms with E-state index < -0.39 is 10.0 Å². The van der Waals surface area contributed by atoms with Crippen molar-refractivity contribution in [3.8, 4) is 5.75 Å². The molecule has 0 bridgehead atoms. The Labute approximate surface area is 183 Å². The molecule has 0 saturated heterocycles. The van der Waals surface area contributed by atoms with E-state index in [-0.39, 0.29) is 22.1 Å². The predicted molar refractivity (Wildman–Crippen MR) is 122 cm³/mol. The maximum atomic E-state index is 13.1. The Bertz CT molecular complexity index is 1180. The Hall–Kier alpha value is -3.32. The SMILES string of the molecule is COc1ccc(S(=O)(=O)Nc2ccccc2C(=O)NCCc2ccccc2)c(C)c1C. The topological polar surface area (TPSA) is 84.5 Å². The van der Waals surface area contributed by atoms with Crippen molar-refractivity contribution < 1.29 is 17.9 Å². The summed E-state index contributed by atoms with van der Waals surface area (Å²) in [7, 11) is -2.35. The highest BCUT2D eigenvalue weighted by molar-refractivity contribution is 7.92. The second kappa shape index (κ2) is 9.66. The van der Waals surface area contributed by atoms with Crippen molar-refractivity contribution in [2.45, 2.75) is 25.2 Å². The molecule has 0 radical (unpaired) electrons. The molecule has 1 amide bonds. The van der Waals surface area contributed by atoms with Crippen LogP contribution in [0.4, 0.5) is 5.69 Å². The van der Waals surface area contributed by atoms with E-state index >= 15 is 0 Å². The molecule has 0 aromatic heterocycles. The van der Waals surface area contributed by atoms with Gasteiger partial charge in [0.1, 0.15) is 5.75 Å². The van der Waals surface area contributed by atoms with Gasteiger partial charge in [0, 0.05) is 6.54 Å². The third kappa shape index (κ3) is 5.24. The van der Waals surface area contributed by atoms with Gasteiger partial charge in [-0.15, -0.1) is 0 Å². The number of ether oxygens (including phenoxy) is 1. The van der Waals surface area contributed by atoms with Crippen molar-refractivity contribution in [3.05, 3.63) is 89.0 Å². The summed E-state index contributed by atoms with van der Waals surface area (Å²) >= 11 is 0. The number of methoxy groups -OCH3 is 1. The molecule has 6 nitrogen and oxygen atoms in total. The molecule has 0 saturated carbocycles. The molecule has 31 heavy (non-hydrogen) atoms. The number of anilines is 1. The maximum Gasteiger partial charge on any atom is 0.262 e. The number of benzene rings is 3. The molecule has 3 rings (SSSR count). The smallest absolute Gasteiger partial charge is 0.262 e. The minimum absolute atomic E-state index is 0.144. The molecule has 0 heterocycles. The third-order valence-corrected chi connectivity index (χ3v) is 6.67. The Morgan fingerprint density at radius 1 is 0.903 bits per heavy atom. The molecule has 0 aliphatic rings. The summed E-state index contributed by atoms with van der Waals surface area (Å²) in [5.41, 5.74) is 2.95. The first-order valence-corrected chi connectivity index (χ1v) is 11.4. The summed E-state index contributed by atoms with van der Waals surface area (Å²) in [5, 5.41) is 2.86. The minimum atomic E-state index is -3.90. The molecule has 3 aromatic rings. The number of hydrogen-bond donors (Lipinski definition) is 2. The van der Waals surface area contributed by atoms with Crippen molar-refractivity contribution in [1.82, 2.24) is 5.32 Å². The number of nitrogens with one attached hydrogen (secondary N) is 2. The van der Waals surface area contributed by atoms with Gasteiger partial charge in [0.15, 0.2) is 0 Å². The fraction of sp³-hybridized carbons (Fsp3) is 0.208. The van der Waals surface area contributed by atoms with Crippen molar-refractivity contribution in [3.63, 3.8) is 0 Å². The highest BCUT2D eigenvalue weighted by atomic mass is 32.2.